The number of nitro groups is 1. The van der Waals surface area contributed by atoms with Gasteiger partial charge in [0.1, 0.15) is 11.5 Å². The van der Waals surface area contributed by atoms with E-state index in [-0.39, 0.29) is 17.2 Å². The number of rotatable bonds is 6. The summed E-state index contributed by atoms with van der Waals surface area (Å²) in [5.41, 5.74) is 1.52. The fourth-order valence-electron chi connectivity index (χ4n) is 4.69. The van der Waals surface area contributed by atoms with E-state index in [4.69, 9.17) is 0 Å². The van der Waals surface area contributed by atoms with Gasteiger partial charge in [-0.3, -0.25) is 19.7 Å². The predicted molar refractivity (Wildman–Crippen MR) is 141 cm³/mol. The molecular formula is C27H26N6O4. The molecule has 0 unspecified atom stereocenters. The van der Waals surface area contributed by atoms with E-state index in [0.717, 1.165) is 16.3 Å². The fourth-order valence-corrected chi connectivity index (χ4v) is 4.69. The molecule has 4 aromatic rings. The van der Waals surface area contributed by atoms with Crippen molar-refractivity contribution >= 4 is 39.8 Å². The van der Waals surface area contributed by atoms with Crippen molar-refractivity contribution in [3.05, 3.63) is 94.2 Å². The highest BCUT2D eigenvalue weighted by atomic mass is 16.6. The Labute approximate surface area is 213 Å². The molecule has 1 fully saturated rings. The monoisotopic (exact) mass is 498 g/mol. The van der Waals surface area contributed by atoms with E-state index in [2.05, 4.69) is 10.4 Å². The molecule has 5 rings (SSSR count). The van der Waals surface area contributed by atoms with Crippen LogP contribution in [0.2, 0.25) is 0 Å². The summed E-state index contributed by atoms with van der Waals surface area (Å²) in [6, 6.07) is 20.3. The fraction of sp³-hybridized carbons (Fsp3) is 0.222. The second kappa shape index (κ2) is 10.1. The van der Waals surface area contributed by atoms with Gasteiger partial charge in [-0.05, 0) is 28.5 Å². The number of fused-ring (bicyclic) bond motifs is 1. The Morgan fingerprint density at radius 2 is 1.76 bits per heavy atom. The Balaban J connectivity index is 1.34. The minimum absolute atomic E-state index is 0.0131. The molecule has 0 spiro atoms. The van der Waals surface area contributed by atoms with Gasteiger partial charge in [0.15, 0.2) is 0 Å². The summed E-state index contributed by atoms with van der Waals surface area (Å²) >= 11 is 0. The van der Waals surface area contributed by atoms with Crippen LogP contribution in [0.5, 0.6) is 0 Å². The number of hydrogen-bond acceptors (Lipinski definition) is 6. The molecule has 3 aromatic carbocycles. The van der Waals surface area contributed by atoms with E-state index >= 15 is 0 Å². The Bertz CT molecular complexity index is 1480. The van der Waals surface area contributed by atoms with Crippen molar-refractivity contribution in [3.63, 3.8) is 0 Å². The van der Waals surface area contributed by atoms with Crippen LogP contribution in [0.25, 0.3) is 10.8 Å². The van der Waals surface area contributed by atoms with E-state index in [1.807, 2.05) is 47.4 Å². The molecule has 1 aliphatic heterocycles. The molecule has 2 heterocycles. The molecule has 0 radical (unpaired) electrons. The van der Waals surface area contributed by atoms with Crippen molar-refractivity contribution in [3.8, 4) is 0 Å². The smallest absolute Gasteiger partial charge is 0.293 e. The van der Waals surface area contributed by atoms with Gasteiger partial charge in [-0.15, -0.1) is 0 Å². The highest BCUT2D eigenvalue weighted by Gasteiger charge is 2.26. The van der Waals surface area contributed by atoms with Crippen LogP contribution in [-0.4, -0.2) is 57.6 Å². The van der Waals surface area contributed by atoms with Gasteiger partial charge in [0.05, 0.1) is 17.7 Å². The first-order chi connectivity index (χ1) is 17.9. The lowest BCUT2D eigenvalue weighted by atomic mass is 10.0. The topological polar surface area (TPSA) is 114 Å². The maximum Gasteiger partial charge on any atom is 0.293 e. The first-order valence-corrected chi connectivity index (χ1v) is 12.0. The average Bonchev–Trinajstić information content (AvgIpc) is 3.34. The highest BCUT2D eigenvalue weighted by molar-refractivity contribution is 6.04. The summed E-state index contributed by atoms with van der Waals surface area (Å²) in [5.74, 6) is 0.0154. The van der Waals surface area contributed by atoms with Crippen LogP contribution in [0.3, 0.4) is 0 Å². The first-order valence-electron chi connectivity index (χ1n) is 12.0. The lowest BCUT2D eigenvalue weighted by Gasteiger charge is -2.35. The summed E-state index contributed by atoms with van der Waals surface area (Å²) in [6.07, 6.45) is 1.60. The summed E-state index contributed by atoms with van der Waals surface area (Å²) in [4.78, 5) is 39.6. The third kappa shape index (κ3) is 4.99. The second-order valence-corrected chi connectivity index (χ2v) is 8.92. The number of aromatic nitrogens is 2. The van der Waals surface area contributed by atoms with Gasteiger partial charge in [-0.2, -0.15) is 5.10 Å². The van der Waals surface area contributed by atoms with Gasteiger partial charge in [-0.1, -0.05) is 42.5 Å². The lowest BCUT2D eigenvalue weighted by molar-refractivity contribution is -0.384. The molecule has 37 heavy (non-hydrogen) atoms. The maximum absolute atomic E-state index is 13.1. The molecule has 10 heteroatoms. The molecule has 1 aliphatic rings. The maximum atomic E-state index is 13.1. The Morgan fingerprint density at radius 1 is 1.00 bits per heavy atom. The number of anilines is 2. The van der Waals surface area contributed by atoms with Crippen molar-refractivity contribution in [1.82, 2.24) is 14.7 Å². The normalized spacial score (nSPS) is 13.5. The van der Waals surface area contributed by atoms with Crippen molar-refractivity contribution in [1.29, 1.82) is 0 Å². The van der Waals surface area contributed by atoms with Crippen LogP contribution in [0.4, 0.5) is 17.2 Å². The van der Waals surface area contributed by atoms with Crippen LogP contribution in [0, 0.1) is 10.1 Å². The van der Waals surface area contributed by atoms with E-state index in [1.165, 1.54) is 13.0 Å². The third-order valence-corrected chi connectivity index (χ3v) is 6.66. The minimum Gasteiger partial charge on any atom is -0.362 e. The first kappa shape index (κ1) is 24.0. The van der Waals surface area contributed by atoms with Crippen LogP contribution in [-0.2, 0) is 11.3 Å². The predicted octanol–water partition coefficient (Wildman–Crippen LogP) is 3.91. The SMILES string of the molecule is CC(=O)N1CCN(c2ccc(C(=O)Nc3ccnn3Cc3cccc4ccccc34)cc2[N+](=O)[O-])CC1. The van der Waals surface area contributed by atoms with E-state index in [0.29, 0.717) is 44.2 Å². The van der Waals surface area contributed by atoms with Crippen LogP contribution in [0.1, 0.15) is 22.8 Å². The zero-order chi connectivity index (χ0) is 25.9. The molecule has 1 N–H and O–H groups in total. The van der Waals surface area contributed by atoms with Crippen LogP contribution >= 0.6 is 0 Å². The number of nitrogens with zero attached hydrogens (tertiary/aromatic N) is 5. The number of nitro benzene ring substituents is 1. The Hall–Kier alpha value is -4.73. The molecule has 0 saturated carbocycles. The number of carbonyl (C=O) groups excluding carboxylic acids is 2. The van der Waals surface area contributed by atoms with Crippen LogP contribution < -0.4 is 10.2 Å². The van der Waals surface area contributed by atoms with Crippen molar-refractivity contribution in [2.45, 2.75) is 13.5 Å². The van der Waals surface area contributed by atoms with Gasteiger partial charge in [0.25, 0.3) is 11.6 Å². The van der Waals surface area contributed by atoms with Gasteiger partial charge in [-0.25, -0.2) is 4.68 Å². The standard InChI is InChI=1S/C27H26N6O4/c1-19(34)30-13-15-31(16-14-30)24-10-9-21(17-25(24)33(36)37)27(35)29-26-11-12-28-32(26)18-22-7-4-6-20-5-2-3-8-23(20)22/h2-12,17H,13-16,18H2,1H3,(H,29,35). The number of amides is 2. The van der Waals surface area contributed by atoms with Gasteiger partial charge in [0.2, 0.25) is 5.91 Å². The van der Waals surface area contributed by atoms with Gasteiger partial charge in [0, 0.05) is 50.8 Å². The van der Waals surface area contributed by atoms with Crippen molar-refractivity contribution in [2.75, 3.05) is 36.4 Å². The number of benzene rings is 3. The highest BCUT2D eigenvalue weighted by Crippen LogP contribution is 2.30. The Morgan fingerprint density at radius 3 is 2.51 bits per heavy atom. The molecular weight excluding hydrogens is 472 g/mol. The molecule has 2 amide bonds. The molecule has 0 aliphatic carbocycles. The molecule has 0 bridgehead atoms. The van der Waals surface area contributed by atoms with Gasteiger partial charge < -0.3 is 15.1 Å². The van der Waals surface area contributed by atoms with E-state index in [9.17, 15) is 19.7 Å². The zero-order valence-corrected chi connectivity index (χ0v) is 20.3. The van der Waals surface area contributed by atoms with Crippen molar-refractivity contribution < 1.29 is 14.5 Å². The number of piperazine rings is 1. The summed E-state index contributed by atoms with van der Waals surface area (Å²) in [7, 11) is 0. The molecule has 10 nitrogen and oxygen atoms in total. The molecule has 1 aromatic heterocycles. The number of carbonyl (C=O) groups is 2. The quantitative estimate of drug-likeness (QED) is 0.319. The molecule has 0 atom stereocenters. The zero-order valence-electron chi connectivity index (χ0n) is 20.3. The van der Waals surface area contributed by atoms with E-state index < -0.39 is 10.8 Å². The summed E-state index contributed by atoms with van der Waals surface area (Å²) < 4.78 is 1.69. The molecule has 188 valence electrons. The summed E-state index contributed by atoms with van der Waals surface area (Å²) in [5, 5.41) is 21.3. The number of hydrogen-bond donors (Lipinski definition) is 1. The Kier molecular flexibility index (Phi) is 6.55. The average molecular weight is 499 g/mol. The van der Waals surface area contributed by atoms with Gasteiger partial charge >= 0.3 is 0 Å². The largest absolute Gasteiger partial charge is 0.362 e. The number of nitrogens with one attached hydrogen (secondary N) is 1. The summed E-state index contributed by atoms with van der Waals surface area (Å²) in [6.45, 7) is 3.93. The molecule has 1 saturated heterocycles. The third-order valence-electron chi connectivity index (χ3n) is 6.66. The van der Waals surface area contributed by atoms with Crippen molar-refractivity contribution in [2.24, 2.45) is 0 Å². The van der Waals surface area contributed by atoms with Crippen LogP contribution in [0.15, 0.2) is 72.9 Å². The van der Waals surface area contributed by atoms with E-state index in [1.54, 1.807) is 34.0 Å². The minimum atomic E-state index is -0.478. The second-order valence-electron chi connectivity index (χ2n) is 8.92. The lowest BCUT2D eigenvalue weighted by Crippen LogP contribution is -2.48.